The Morgan fingerprint density at radius 1 is 1.08 bits per heavy atom. The van der Waals surface area contributed by atoms with Crippen LogP contribution in [-0.2, 0) is 24.5 Å². The van der Waals surface area contributed by atoms with Gasteiger partial charge in [0.1, 0.15) is 28.9 Å². The molecule has 0 saturated heterocycles. The average molecular weight is 531 g/mol. The number of anilines is 2. The molecule has 5 aromatic rings. The van der Waals surface area contributed by atoms with Crippen molar-refractivity contribution >= 4 is 22.4 Å². The highest BCUT2D eigenvalue weighted by Gasteiger charge is 2.24. The van der Waals surface area contributed by atoms with Crippen molar-refractivity contribution in [2.45, 2.75) is 26.7 Å². The Labute approximate surface area is 222 Å². The average Bonchev–Trinajstić information content (AvgIpc) is 3.56. The third-order valence-corrected chi connectivity index (χ3v) is 6.44. The number of nitrogens with zero attached hydrogens (tertiary/aromatic N) is 5. The van der Waals surface area contributed by atoms with E-state index in [4.69, 9.17) is 29.3 Å². The van der Waals surface area contributed by atoms with Crippen molar-refractivity contribution in [2.75, 3.05) is 19.0 Å². The van der Waals surface area contributed by atoms with Crippen LogP contribution in [-0.4, -0.2) is 38.4 Å². The van der Waals surface area contributed by atoms with Gasteiger partial charge in [0.15, 0.2) is 11.6 Å². The van der Waals surface area contributed by atoms with Crippen molar-refractivity contribution in [3.05, 3.63) is 83.3 Å². The van der Waals surface area contributed by atoms with Crippen LogP contribution in [0, 0.1) is 11.6 Å². The summed E-state index contributed by atoms with van der Waals surface area (Å²) in [5, 5.41) is 8.79. The van der Waals surface area contributed by atoms with Gasteiger partial charge in [0.05, 0.1) is 56.6 Å². The first-order chi connectivity index (χ1) is 19.1. The van der Waals surface area contributed by atoms with Crippen LogP contribution in [0.15, 0.2) is 54.9 Å². The van der Waals surface area contributed by atoms with Crippen molar-refractivity contribution in [3.8, 4) is 23.0 Å². The number of halogens is 2. The fraction of sp³-hybridized carbons (Fsp3) is 0.214. The molecule has 0 bridgehead atoms. The molecule has 6 rings (SSSR count). The van der Waals surface area contributed by atoms with E-state index in [0.29, 0.717) is 54.1 Å². The van der Waals surface area contributed by atoms with Gasteiger partial charge in [0.2, 0.25) is 0 Å². The van der Waals surface area contributed by atoms with Crippen LogP contribution in [0.25, 0.3) is 22.4 Å². The lowest BCUT2D eigenvalue weighted by atomic mass is 10.1. The molecule has 0 saturated carbocycles. The molecule has 0 unspecified atom stereocenters. The zero-order valence-electron chi connectivity index (χ0n) is 21.2. The maximum atomic E-state index is 14.9. The van der Waals surface area contributed by atoms with Crippen molar-refractivity contribution in [3.63, 3.8) is 0 Å². The Kier molecular flexibility index (Phi) is 6.49. The summed E-state index contributed by atoms with van der Waals surface area (Å²) in [6.45, 7) is 2.62. The maximum Gasteiger partial charge on any atom is 0.183 e. The van der Waals surface area contributed by atoms with Crippen LogP contribution >= 0.6 is 0 Å². The molecule has 0 amide bonds. The first kappa shape index (κ1) is 24.7. The molecule has 11 heteroatoms. The standard InChI is InChI=1S/C28H24F2N6O3/c1-3-39-16-10-20(29)18(21(30)11-16)13-36-24-7-5-4-6-17(24)26(35-36)28-33-23-15-38-14-19(23)27(34-28)32-22-8-9-31-12-25(22)37-2/h4-12H,3,13-15H2,1-2H3,(H,31,32,33,34). The van der Waals surface area contributed by atoms with Crippen LogP contribution in [0.4, 0.5) is 20.3 Å². The summed E-state index contributed by atoms with van der Waals surface area (Å²) < 4.78 is 47.7. The number of benzene rings is 2. The van der Waals surface area contributed by atoms with E-state index >= 15 is 0 Å². The summed E-state index contributed by atoms with van der Waals surface area (Å²) in [4.78, 5) is 13.6. The van der Waals surface area contributed by atoms with Crippen LogP contribution in [0.1, 0.15) is 23.7 Å². The molecule has 1 aliphatic heterocycles. The molecule has 4 heterocycles. The number of pyridine rings is 1. The fourth-order valence-corrected chi connectivity index (χ4v) is 4.58. The van der Waals surface area contributed by atoms with Crippen LogP contribution in [0.5, 0.6) is 11.5 Å². The Morgan fingerprint density at radius 3 is 2.69 bits per heavy atom. The fourth-order valence-electron chi connectivity index (χ4n) is 4.58. The minimum Gasteiger partial charge on any atom is -0.494 e. The molecule has 0 radical (unpaired) electrons. The molecule has 1 N–H and O–H groups in total. The molecule has 39 heavy (non-hydrogen) atoms. The molecular formula is C28H24F2N6O3. The minimum absolute atomic E-state index is 0.117. The van der Waals surface area contributed by atoms with E-state index in [-0.39, 0.29) is 17.9 Å². The molecule has 0 spiro atoms. The number of hydrogen-bond acceptors (Lipinski definition) is 8. The number of nitrogens with one attached hydrogen (secondary N) is 1. The van der Waals surface area contributed by atoms with Crippen molar-refractivity contribution in [2.24, 2.45) is 0 Å². The van der Waals surface area contributed by atoms with E-state index in [1.165, 1.54) is 12.1 Å². The molecular weight excluding hydrogens is 506 g/mol. The third kappa shape index (κ3) is 4.61. The zero-order chi connectivity index (χ0) is 26.9. The highest BCUT2D eigenvalue weighted by Crippen LogP contribution is 2.34. The second-order valence-corrected chi connectivity index (χ2v) is 8.84. The SMILES string of the molecule is CCOc1cc(F)c(Cn2nc(-c3nc4c(c(Nc5ccncc5OC)n3)COC4)c3ccccc32)c(F)c1. The highest BCUT2D eigenvalue weighted by molar-refractivity contribution is 5.92. The Morgan fingerprint density at radius 2 is 1.90 bits per heavy atom. The predicted octanol–water partition coefficient (Wildman–Crippen LogP) is 5.40. The number of rotatable bonds is 8. The summed E-state index contributed by atoms with van der Waals surface area (Å²) in [5.74, 6) is 0.199. The summed E-state index contributed by atoms with van der Waals surface area (Å²) in [6.07, 6.45) is 3.26. The first-order valence-corrected chi connectivity index (χ1v) is 12.3. The molecule has 0 fully saturated rings. The van der Waals surface area contributed by atoms with Gasteiger partial charge in [-0.3, -0.25) is 9.67 Å². The van der Waals surface area contributed by atoms with Crippen molar-refractivity contribution in [1.82, 2.24) is 24.7 Å². The predicted molar refractivity (Wildman–Crippen MR) is 140 cm³/mol. The minimum atomic E-state index is -0.705. The normalized spacial score (nSPS) is 12.5. The van der Waals surface area contributed by atoms with Gasteiger partial charge < -0.3 is 19.5 Å². The number of methoxy groups -OCH3 is 1. The molecule has 198 valence electrons. The van der Waals surface area contributed by atoms with E-state index in [0.717, 1.165) is 16.6 Å². The van der Waals surface area contributed by atoms with Crippen molar-refractivity contribution < 1.29 is 23.0 Å². The van der Waals surface area contributed by atoms with E-state index in [2.05, 4.69) is 10.3 Å². The second kappa shape index (κ2) is 10.3. The number of aromatic nitrogens is 5. The third-order valence-electron chi connectivity index (χ3n) is 6.44. The second-order valence-electron chi connectivity index (χ2n) is 8.84. The molecule has 3 aromatic heterocycles. The quantitative estimate of drug-likeness (QED) is 0.285. The highest BCUT2D eigenvalue weighted by atomic mass is 19.1. The largest absolute Gasteiger partial charge is 0.494 e. The van der Waals surface area contributed by atoms with Crippen molar-refractivity contribution in [1.29, 1.82) is 0 Å². The van der Waals surface area contributed by atoms with Gasteiger partial charge in [-0.05, 0) is 19.1 Å². The van der Waals surface area contributed by atoms with E-state index in [1.54, 1.807) is 37.2 Å². The molecule has 2 aromatic carbocycles. The Balaban J connectivity index is 1.44. The molecule has 0 atom stereocenters. The topological polar surface area (TPSA) is 96.2 Å². The van der Waals surface area contributed by atoms with Crippen LogP contribution in [0.2, 0.25) is 0 Å². The smallest absolute Gasteiger partial charge is 0.183 e. The Hall–Kier alpha value is -4.64. The lowest BCUT2D eigenvalue weighted by Gasteiger charge is -2.13. The summed E-state index contributed by atoms with van der Waals surface area (Å²) in [6, 6.07) is 11.6. The number of para-hydroxylation sites is 1. The number of fused-ring (bicyclic) bond motifs is 2. The van der Waals surface area contributed by atoms with Gasteiger partial charge in [0, 0.05) is 34.8 Å². The Bertz CT molecular complexity index is 1670. The van der Waals surface area contributed by atoms with E-state index in [1.807, 2.05) is 24.3 Å². The monoisotopic (exact) mass is 530 g/mol. The van der Waals surface area contributed by atoms with Gasteiger partial charge in [-0.15, -0.1) is 0 Å². The number of ether oxygens (including phenoxy) is 3. The molecule has 1 aliphatic rings. The van der Waals surface area contributed by atoms with Gasteiger partial charge in [-0.25, -0.2) is 18.7 Å². The summed E-state index contributed by atoms with van der Waals surface area (Å²) in [7, 11) is 1.57. The van der Waals surface area contributed by atoms with E-state index < -0.39 is 11.6 Å². The molecule has 0 aliphatic carbocycles. The van der Waals surface area contributed by atoms with Gasteiger partial charge in [0.25, 0.3) is 0 Å². The van der Waals surface area contributed by atoms with E-state index in [9.17, 15) is 8.78 Å². The van der Waals surface area contributed by atoms with Crippen LogP contribution < -0.4 is 14.8 Å². The van der Waals surface area contributed by atoms with Gasteiger partial charge in [-0.2, -0.15) is 5.10 Å². The zero-order valence-corrected chi connectivity index (χ0v) is 21.2. The summed E-state index contributed by atoms with van der Waals surface area (Å²) >= 11 is 0. The summed E-state index contributed by atoms with van der Waals surface area (Å²) in [5.41, 5.74) is 3.30. The lowest BCUT2D eigenvalue weighted by Crippen LogP contribution is -2.08. The first-order valence-electron chi connectivity index (χ1n) is 12.3. The van der Waals surface area contributed by atoms with Crippen LogP contribution in [0.3, 0.4) is 0 Å². The molecule has 9 nitrogen and oxygen atoms in total. The van der Waals surface area contributed by atoms with Gasteiger partial charge >= 0.3 is 0 Å². The maximum absolute atomic E-state index is 14.9. The number of hydrogen-bond donors (Lipinski definition) is 1. The lowest BCUT2D eigenvalue weighted by molar-refractivity contribution is 0.133. The van der Waals surface area contributed by atoms with Gasteiger partial charge in [-0.1, -0.05) is 18.2 Å².